The van der Waals surface area contributed by atoms with E-state index < -0.39 is 0 Å². The molecule has 0 unspecified atom stereocenters. The SMILES string of the molecule is O=c1[nH]nc(-c2ccsn2)s1. The molecule has 0 aliphatic rings. The molecule has 2 rings (SSSR count). The van der Waals surface area contributed by atoms with Crippen LogP contribution in [0, 0.1) is 0 Å². The Balaban J connectivity index is 2.53. The summed E-state index contributed by atoms with van der Waals surface area (Å²) < 4.78 is 4.03. The Morgan fingerprint density at radius 1 is 1.55 bits per heavy atom. The number of H-pyrrole nitrogens is 1. The molecule has 0 saturated carbocycles. The van der Waals surface area contributed by atoms with E-state index >= 15 is 0 Å². The molecule has 0 radical (unpaired) electrons. The molecule has 6 heteroatoms. The van der Waals surface area contributed by atoms with Gasteiger partial charge in [-0.05, 0) is 17.6 Å². The van der Waals surface area contributed by atoms with Gasteiger partial charge < -0.3 is 0 Å². The van der Waals surface area contributed by atoms with E-state index in [2.05, 4.69) is 14.6 Å². The van der Waals surface area contributed by atoms with E-state index in [0.29, 0.717) is 5.01 Å². The summed E-state index contributed by atoms with van der Waals surface area (Å²) in [5.74, 6) is 0. The first-order valence-electron chi connectivity index (χ1n) is 2.82. The summed E-state index contributed by atoms with van der Waals surface area (Å²) in [7, 11) is 0. The molecule has 2 heterocycles. The van der Waals surface area contributed by atoms with E-state index in [0.717, 1.165) is 17.0 Å². The summed E-state index contributed by atoms with van der Waals surface area (Å²) in [6, 6.07) is 1.83. The summed E-state index contributed by atoms with van der Waals surface area (Å²) in [6.45, 7) is 0. The summed E-state index contributed by atoms with van der Waals surface area (Å²) in [5.41, 5.74) is 0.762. The second kappa shape index (κ2) is 2.55. The molecule has 0 atom stereocenters. The third kappa shape index (κ3) is 1.22. The molecule has 0 saturated heterocycles. The van der Waals surface area contributed by atoms with Crippen molar-refractivity contribution >= 4 is 22.9 Å². The summed E-state index contributed by atoms with van der Waals surface area (Å²) in [6.07, 6.45) is 0. The molecule has 2 aromatic heterocycles. The first-order chi connectivity index (χ1) is 5.36. The molecule has 1 N–H and O–H groups in total. The molecule has 0 bridgehead atoms. The van der Waals surface area contributed by atoms with E-state index in [1.807, 2.05) is 11.4 Å². The normalized spacial score (nSPS) is 10.2. The zero-order chi connectivity index (χ0) is 7.68. The van der Waals surface area contributed by atoms with Gasteiger partial charge in [-0.25, -0.2) is 5.10 Å². The quantitative estimate of drug-likeness (QED) is 0.719. The van der Waals surface area contributed by atoms with E-state index in [1.165, 1.54) is 11.5 Å². The molecule has 0 aromatic carbocycles. The maximum Gasteiger partial charge on any atom is 0.322 e. The van der Waals surface area contributed by atoms with Crippen LogP contribution in [0.5, 0.6) is 0 Å². The predicted octanol–water partition coefficient (Wildman–Crippen LogP) is 0.955. The fourth-order valence-electron chi connectivity index (χ4n) is 0.662. The fraction of sp³-hybridized carbons (Fsp3) is 0. The summed E-state index contributed by atoms with van der Waals surface area (Å²) in [4.78, 5) is 10.5. The van der Waals surface area contributed by atoms with Crippen molar-refractivity contribution in [1.82, 2.24) is 14.6 Å². The van der Waals surface area contributed by atoms with Gasteiger partial charge in [-0.2, -0.15) is 9.47 Å². The topological polar surface area (TPSA) is 58.6 Å². The maximum atomic E-state index is 10.7. The largest absolute Gasteiger partial charge is 0.322 e. The number of aromatic amines is 1. The van der Waals surface area contributed by atoms with Crippen LogP contribution in [0.1, 0.15) is 0 Å². The molecule has 0 fully saturated rings. The predicted molar refractivity (Wildman–Crippen MR) is 43.8 cm³/mol. The van der Waals surface area contributed by atoms with Gasteiger partial charge in [0.25, 0.3) is 0 Å². The highest BCUT2D eigenvalue weighted by atomic mass is 32.1. The molecule has 2 aromatic rings. The Hall–Kier alpha value is -1.01. The lowest BCUT2D eigenvalue weighted by atomic mass is 10.5. The standard InChI is InChI=1S/C5H3N3OS2/c9-5-7-6-4(11-5)3-1-2-10-8-3/h1-2H,(H,7,9). The highest BCUT2D eigenvalue weighted by Crippen LogP contribution is 2.16. The van der Waals surface area contributed by atoms with Crippen molar-refractivity contribution < 1.29 is 0 Å². The second-order valence-corrected chi connectivity index (χ2v) is 3.43. The molecular weight excluding hydrogens is 182 g/mol. The summed E-state index contributed by atoms with van der Waals surface area (Å²) in [5, 5.41) is 8.62. The minimum Gasteiger partial charge on any atom is -0.255 e. The van der Waals surface area contributed by atoms with Crippen molar-refractivity contribution in [3.05, 3.63) is 21.1 Å². The van der Waals surface area contributed by atoms with Gasteiger partial charge >= 0.3 is 4.87 Å². The number of hydrogen-bond donors (Lipinski definition) is 1. The molecule has 0 spiro atoms. The second-order valence-electron chi connectivity index (χ2n) is 1.80. The average Bonchev–Trinajstić information content (AvgIpc) is 2.55. The van der Waals surface area contributed by atoms with E-state index in [9.17, 15) is 4.79 Å². The van der Waals surface area contributed by atoms with Crippen molar-refractivity contribution in [2.75, 3.05) is 0 Å². The van der Waals surface area contributed by atoms with Gasteiger partial charge in [0.15, 0.2) is 5.01 Å². The first-order valence-corrected chi connectivity index (χ1v) is 4.48. The summed E-state index contributed by atoms with van der Waals surface area (Å²) >= 11 is 2.41. The minimum atomic E-state index is -0.145. The number of rotatable bonds is 1. The third-order valence-electron chi connectivity index (χ3n) is 1.10. The van der Waals surface area contributed by atoms with Gasteiger partial charge in [-0.15, -0.1) is 0 Å². The Labute approximate surface area is 69.7 Å². The third-order valence-corrected chi connectivity index (χ3v) is 2.43. The Morgan fingerprint density at radius 3 is 3.00 bits per heavy atom. The van der Waals surface area contributed by atoms with Crippen LogP contribution < -0.4 is 4.87 Å². The van der Waals surface area contributed by atoms with Crippen LogP contribution in [0.25, 0.3) is 10.7 Å². The zero-order valence-corrected chi connectivity index (χ0v) is 6.91. The molecule has 4 nitrogen and oxygen atoms in total. The number of nitrogens with zero attached hydrogens (tertiary/aromatic N) is 2. The Bertz CT molecular complexity index is 388. The van der Waals surface area contributed by atoms with Crippen LogP contribution in [0.2, 0.25) is 0 Å². The van der Waals surface area contributed by atoms with Gasteiger partial charge in [-0.1, -0.05) is 11.3 Å². The molecule has 0 amide bonds. The van der Waals surface area contributed by atoms with Gasteiger partial charge in [-0.3, -0.25) is 4.79 Å². The fourth-order valence-corrected chi connectivity index (χ4v) is 1.81. The molecule has 11 heavy (non-hydrogen) atoms. The highest BCUT2D eigenvalue weighted by molar-refractivity contribution is 7.12. The van der Waals surface area contributed by atoms with E-state index in [4.69, 9.17) is 0 Å². The molecule has 56 valence electrons. The van der Waals surface area contributed by atoms with Crippen molar-refractivity contribution in [1.29, 1.82) is 0 Å². The Morgan fingerprint density at radius 2 is 2.45 bits per heavy atom. The van der Waals surface area contributed by atoms with Crippen LogP contribution in [0.15, 0.2) is 16.2 Å². The monoisotopic (exact) mass is 185 g/mol. The van der Waals surface area contributed by atoms with Crippen LogP contribution in [0.4, 0.5) is 0 Å². The van der Waals surface area contributed by atoms with Gasteiger partial charge in [0.2, 0.25) is 0 Å². The van der Waals surface area contributed by atoms with Gasteiger partial charge in [0.05, 0.1) is 0 Å². The lowest BCUT2D eigenvalue weighted by molar-refractivity contribution is 1.06. The highest BCUT2D eigenvalue weighted by Gasteiger charge is 2.03. The van der Waals surface area contributed by atoms with Crippen molar-refractivity contribution in [2.45, 2.75) is 0 Å². The lowest BCUT2D eigenvalue weighted by Crippen LogP contribution is -1.90. The number of nitrogens with one attached hydrogen (secondary N) is 1. The maximum absolute atomic E-state index is 10.7. The minimum absolute atomic E-state index is 0.145. The van der Waals surface area contributed by atoms with Gasteiger partial charge in [0, 0.05) is 5.38 Å². The van der Waals surface area contributed by atoms with Crippen molar-refractivity contribution in [2.24, 2.45) is 0 Å². The molecule has 0 aliphatic heterocycles. The zero-order valence-electron chi connectivity index (χ0n) is 5.27. The Kier molecular flexibility index (Phi) is 1.55. The van der Waals surface area contributed by atoms with Crippen molar-refractivity contribution in [3.8, 4) is 10.7 Å². The first kappa shape index (κ1) is 6.68. The van der Waals surface area contributed by atoms with E-state index in [-0.39, 0.29) is 4.87 Å². The smallest absolute Gasteiger partial charge is 0.255 e. The van der Waals surface area contributed by atoms with Crippen LogP contribution in [-0.4, -0.2) is 14.6 Å². The van der Waals surface area contributed by atoms with Crippen LogP contribution in [-0.2, 0) is 0 Å². The number of hydrogen-bond acceptors (Lipinski definition) is 5. The number of aromatic nitrogens is 3. The molecule has 0 aliphatic carbocycles. The van der Waals surface area contributed by atoms with Crippen LogP contribution in [0.3, 0.4) is 0 Å². The van der Waals surface area contributed by atoms with Crippen LogP contribution >= 0.6 is 22.9 Å². The lowest BCUT2D eigenvalue weighted by Gasteiger charge is -1.80. The molecular formula is C5H3N3OS2. The van der Waals surface area contributed by atoms with Crippen molar-refractivity contribution in [3.63, 3.8) is 0 Å². The average molecular weight is 185 g/mol. The van der Waals surface area contributed by atoms with Gasteiger partial charge in [0.1, 0.15) is 5.69 Å². The van der Waals surface area contributed by atoms with E-state index in [1.54, 1.807) is 0 Å².